The van der Waals surface area contributed by atoms with E-state index in [1.54, 1.807) is 0 Å². The average Bonchev–Trinajstić information content (AvgIpc) is 2.39. The lowest BCUT2D eigenvalue weighted by atomic mass is 10.1. The maximum Gasteiger partial charge on any atom is 0.0938 e. The van der Waals surface area contributed by atoms with Gasteiger partial charge in [0.2, 0.25) is 0 Å². The van der Waals surface area contributed by atoms with E-state index in [9.17, 15) is 0 Å². The van der Waals surface area contributed by atoms with E-state index in [4.69, 9.17) is 5.73 Å². The first kappa shape index (κ1) is 10.8. The number of aryl methyl sites for hydroxylation is 1. The Morgan fingerprint density at radius 2 is 1.67 bits per heavy atom. The van der Waals surface area contributed by atoms with Gasteiger partial charge in [-0.05, 0) is 19.1 Å². The zero-order valence-corrected chi connectivity index (χ0v) is 10.2. The third-order valence-corrected chi connectivity index (χ3v) is 3.08. The Bertz CT molecular complexity index is 700. The van der Waals surface area contributed by atoms with Gasteiger partial charge in [-0.25, -0.2) is 4.98 Å². The molecule has 0 unspecified atom stereocenters. The van der Waals surface area contributed by atoms with Crippen LogP contribution in [0.15, 0.2) is 54.6 Å². The summed E-state index contributed by atoms with van der Waals surface area (Å²) in [4.78, 5) is 4.65. The van der Waals surface area contributed by atoms with E-state index in [0.29, 0.717) is 0 Å². The molecule has 2 heteroatoms. The lowest BCUT2D eigenvalue weighted by Crippen LogP contribution is -1.94. The number of nitrogen functional groups attached to an aromatic ring is 1. The maximum absolute atomic E-state index is 6.09. The molecule has 2 aromatic carbocycles. The number of nitrogens with two attached hydrogens (primary N) is 1. The van der Waals surface area contributed by atoms with Crippen LogP contribution in [0.1, 0.15) is 5.56 Å². The van der Waals surface area contributed by atoms with Crippen molar-refractivity contribution in [3.05, 3.63) is 60.2 Å². The number of hydrogen-bond acceptors (Lipinski definition) is 2. The number of nitrogens with zero attached hydrogens (tertiary/aromatic N) is 1. The Labute approximate surface area is 106 Å². The molecule has 0 fully saturated rings. The minimum absolute atomic E-state index is 0.720. The summed E-state index contributed by atoms with van der Waals surface area (Å²) in [5.41, 5.74) is 10.9. The molecule has 0 saturated carbocycles. The Kier molecular flexibility index (Phi) is 2.49. The van der Waals surface area contributed by atoms with Crippen molar-refractivity contribution in [1.82, 2.24) is 4.98 Å². The number of fused-ring (bicyclic) bond motifs is 1. The monoisotopic (exact) mass is 234 g/mol. The third-order valence-electron chi connectivity index (χ3n) is 3.08. The molecule has 1 aromatic heterocycles. The van der Waals surface area contributed by atoms with Crippen molar-refractivity contribution in [2.45, 2.75) is 6.92 Å². The normalized spacial score (nSPS) is 10.7. The summed E-state index contributed by atoms with van der Waals surface area (Å²) in [6, 6.07) is 18.3. The van der Waals surface area contributed by atoms with Crippen LogP contribution < -0.4 is 5.73 Å². The van der Waals surface area contributed by atoms with Gasteiger partial charge >= 0.3 is 0 Å². The predicted molar refractivity (Wildman–Crippen MR) is 76.3 cm³/mol. The molecule has 0 atom stereocenters. The number of para-hydroxylation sites is 1. The Balaban J connectivity index is 2.22. The summed E-state index contributed by atoms with van der Waals surface area (Å²) in [5.74, 6) is 0. The molecule has 2 N–H and O–H groups in total. The number of hydrogen-bond donors (Lipinski definition) is 1. The second-order valence-electron chi connectivity index (χ2n) is 4.48. The summed E-state index contributed by atoms with van der Waals surface area (Å²) in [6.45, 7) is 2.07. The van der Waals surface area contributed by atoms with Crippen LogP contribution in [-0.2, 0) is 0 Å². The predicted octanol–water partition coefficient (Wildman–Crippen LogP) is 3.79. The minimum Gasteiger partial charge on any atom is -0.397 e. The third kappa shape index (κ3) is 1.82. The molecule has 0 amide bonds. The van der Waals surface area contributed by atoms with Gasteiger partial charge in [0.1, 0.15) is 0 Å². The molecule has 0 bridgehead atoms. The summed E-state index contributed by atoms with van der Waals surface area (Å²) in [7, 11) is 0. The van der Waals surface area contributed by atoms with Crippen molar-refractivity contribution < 1.29 is 0 Å². The van der Waals surface area contributed by atoms with Gasteiger partial charge in [0.15, 0.2) is 0 Å². The maximum atomic E-state index is 6.09. The summed E-state index contributed by atoms with van der Waals surface area (Å²) >= 11 is 0. The zero-order valence-electron chi connectivity index (χ0n) is 10.2. The van der Waals surface area contributed by atoms with Crippen LogP contribution in [-0.4, -0.2) is 4.98 Å². The number of pyridine rings is 1. The van der Waals surface area contributed by atoms with Crippen molar-refractivity contribution in [3.63, 3.8) is 0 Å². The van der Waals surface area contributed by atoms with Crippen LogP contribution in [0, 0.1) is 6.92 Å². The molecule has 18 heavy (non-hydrogen) atoms. The molecule has 0 aliphatic carbocycles. The fourth-order valence-corrected chi connectivity index (χ4v) is 2.07. The smallest absolute Gasteiger partial charge is 0.0938 e. The second kappa shape index (κ2) is 4.15. The van der Waals surface area contributed by atoms with Crippen LogP contribution in [0.4, 0.5) is 5.69 Å². The van der Waals surface area contributed by atoms with E-state index in [2.05, 4.69) is 36.2 Å². The van der Waals surface area contributed by atoms with Gasteiger partial charge in [-0.15, -0.1) is 0 Å². The molecule has 3 aromatic rings. The van der Waals surface area contributed by atoms with Gasteiger partial charge in [0.25, 0.3) is 0 Å². The Morgan fingerprint density at radius 1 is 0.944 bits per heavy atom. The SMILES string of the molecule is Cc1ccc(-c2nc3ccccc3cc2N)cc1. The minimum atomic E-state index is 0.720. The van der Waals surface area contributed by atoms with E-state index in [0.717, 1.165) is 27.8 Å². The number of aromatic nitrogens is 1. The van der Waals surface area contributed by atoms with E-state index in [1.165, 1.54) is 5.56 Å². The average molecular weight is 234 g/mol. The highest BCUT2D eigenvalue weighted by Gasteiger charge is 2.06. The molecule has 2 nitrogen and oxygen atoms in total. The molecular formula is C16H14N2. The summed E-state index contributed by atoms with van der Waals surface area (Å²) < 4.78 is 0. The lowest BCUT2D eigenvalue weighted by molar-refractivity contribution is 1.38. The van der Waals surface area contributed by atoms with Gasteiger partial charge in [0.05, 0.1) is 16.9 Å². The molecule has 0 radical (unpaired) electrons. The number of rotatable bonds is 1. The van der Waals surface area contributed by atoms with Gasteiger partial charge in [-0.3, -0.25) is 0 Å². The summed E-state index contributed by atoms with van der Waals surface area (Å²) in [5, 5.41) is 1.07. The van der Waals surface area contributed by atoms with Crippen molar-refractivity contribution in [2.24, 2.45) is 0 Å². The van der Waals surface area contributed by atoms with Crippen LogP contribution in [0.2, 0.25) is 0 Å². The molecule has 0 spiro atoms. The number of benzene rings is 2. The highest BCUT2D eigenvalue weighted by atomic mass is 14.7. The topological polar surface area (TPSA) is 38.9 Å². The fraction of sp³-hybridized carbons (Fsp3) is 0.0625. The highest BCUT2D eigenvalue weighted by Crippen LogP contribution is 2.27. The lowest BCUT2D eigenvalue weighted by Gasteiger charge is -2.07. The van der Waals surface area contributed by atoms with Crippen molar-refractivity contribution >= 4 is 16.6 Å². The zero-order chi connectivity index (χ0) is 12.5. The van der Waals surface area contributed by atoms with Crippen molar-refractivity contribution in [1.29, 1.82) is 0 Å². The first-order chi connectivity index (χ1) is 8.74. The quantitative estimate of drug-likeness (QED) is 0.695. The van der Waals surface area contributed by atoms with Crippen molar-refractivity contribution in [3.8, 4) is 11.3 Å². The second-order valence-corrected chi connectivity index (χ2v) is 4.48. The van der Waals surface area contributed by atoms with E-state index in [1.807, 2.05) is 30.3 Å². The Morgan fingerprint density at radius 3 is 2.44 bits per heavy atom. The highest BCUT2D eigenvalue weighted by molar-refractivity contribution is 5.87. The van der Waals surface area contributed by atoms with Crippen molar-refractivity contribution in [2.75, 3.05) is 5.73 Å². The van der Waals surface area contributed by atoms with E-state index < -0.39 is 0 Å². The standard InChI is InChI=1S/C16H14N2/c1-11-6-8-12(9-7-11)16-14(17)10-13-4-2-3-5-15(13)18-16/h2-10H,17H2,1H3. The number of anilines is 1. The van der Waals surface area contributed by atoms with Crippen LogP contribution >= 0.6 is 0 Å². The van der Waals surface area contributed by atoms with Crippen LogP contribution in [0.5, 0.6) is 0 Å². The molecular weight excluding hydrogens is 220 g/mol. The largest absolute Gasteiger partial charge is 0.397 e. The Hall–Kier alpha value is -2.35. The van der Waals surface area contributed by atoms with E-state index >= 15 is 0 Å². The molecule has 0 saturated heterocycles. The van der Waals surface area contributed by atoms with Gasteiger partial charge in [-0.2, -0.15) is 0 Å². The van der Waals surface area contributed by atoms with Gasteiger partial charge < -0.3 is 5.73 Å². The van der Waals surface area contributed by atoms with Crippen LogP contribution in [0.25, 0.3) is 22.2 Å². The van der Waals surface area contributed by atoms with E-state index in [-0.39, 0.29) is 0 Å². The molecule has 3 rings (SSSR count). The van der Waals surface area contributed by atoms with Gasteiger partial charge in [0, 0.05) is 10.9 Å². The summed E-state index contributed by atoms with van der Waals surface area (Å²) in [6.07, 6.45) is 0. The first-order valence-electron chi connectivity index (χ1n) is 5.96. The molecule has 1 heterocycles. The molecule has 88 valence electrons. The fourth-order valence-electron chi connectivity index (χ4n) is 2.07. The molecule has 0 aliphatic heterocycles. The molecule has 0 aliphatic rings. The van der Waals surface area contributed by atoms with Gasteiger partial charge in [-0.1, -0.05) is 48.0 Å². The first-order valence-corrected chi connectivity index (χ1v) is 5.96. The van der Waals surface area contributed by atoms with Crippen LogP contribution in [0.3, 0.4) is 0 Å².